The number of hydrogen-bond acceptors (Lipinski definition) is 4. The molecule has 1 aliphatic heterocycles. The fourth-order valence-electron chi connectivity index (χ4n) is 4.55. The summed E-state index contributed by atoms with van der Waals surface area (Å²) in [6.45, 7) is 3.23. The first-order valence-electron chi connectivity index (χ1n) is 8.38. The van der Waals surface area contributed by atoms with Gasteiger partial charge in [0.1, 0.15) is 0 Å². The molecule has 1 aromatic carbocycles. The minimum atomic E-state index is -0.344. The maximum absolute atomic E-state index is 10.3. The van der Waals surface area contributed by atoms with Crippen LogP contribution >= 0.6 is 0 Å². The number of methoxy groups -OCH3 is 2. The number of fused-ring (bicyclic) bond motifs is 1. The molecular formula is C19H27NO3. The molecular weight excluding hydrogens is 290 g/mol. The van der Waals surface area contributed by atoms with Crippen LogP contribution in [0.3, 0.4) is 0 Å². The highest BCUT2D eigenvalue weighted by molar-refractivity contribution is 5.51. The number of likely N-dealkylation sites (N-methyl/N-ethyl adjacent to an activating group) is 1. The van der Waals surface area contributed by atoms with Crippen LogP contribution < -0.4 is 9.47 Å². The quantitative estimate of drug-likeness (QED) is 0.867. The molecule has 0 aromatic heterocycles. The summed E-state index contributed by atoms with van der Waals surface area (Å²) in [6, 6.07) is 6.60. The number of rotatable bonds is 4. The van der Waals surface area contributed by atoms with E-state index in [1.54, 1.807) is 14.2 Å². The standard InChI is InChI=1S/C19H27NO3/c1-5-13-10-15(21)12-18-19(13,8-9-20(18)2)14-6-7-16(22-3)17(11-14)23-4/h6-7,10-11,15,18,21H,5,8-9,12H2,1-4H3/t15-,18+,19-/m1/s1. The number of nitrogens with zero attached hydrogens (tertiary/aromatic N) is 1. The zero-order valence-electron chi connectivity index (χ0n) is 14.5. The Morgan fingerprint density at radius 3 is 2.65 bits per heavy atom. The summed E-state index contributed by atoms with van der Waals surface area (Å²) in [6.07, 6.45) is 4.55. The van der Waals surface area contributed by atoms with Gasteiger partial charge in [-0.3, -0.25) is 0 Å². The van der Waals surface area contributed by atoms with Crippen LogP contribution in [0.4, 0.5) is 0 Å². The predicted octanol–water partition coefficient (Wildman–Crippen LogP) is 2.75. The lowest BCUT2D eigenvalue weighted by molar-refractivity contribution is 0.131. The van der Waals surface area contributed by atoms with Crippen molar-refractivity contribution in [3.05, 3.63) is 35.4 Å². The van der Waals surface area contributed by atoms with Crippen LogP contribution in [0.25, 0.3) is 0 Å². The second-order valence-electron chi connectivity index (χ2n) is 6.64. The zero-order valence-corrected chi connectivity index (χ0v) is 14.5. The first-order chi connectivity index (χ1) is 11.1. The highest BCUT2D eigenvalue weighted by Gasteiger charge is 2.51. The molecule has 1 saturated heterocycles. The predicted molar refractivity (Wildman–Crippen MR) is 91.3 cm³/mol. The van der Waals surface area contributed by atoms with E-state index in [0.29, 0.717) is 6.04 Å². The van der Waals surface area contributed by atoms with Gasteiger partial charge in [-0.1, -0.05) is 24.6 Å². The maximum atomic E-state index is 10.3. The van der Waals surface area contributed by atoms with E-state index in [4.69, 9.17) is 9.47 Å². The summed E-state index contributed by atoms with van der Waals surface area (Å²) >= 11 is 0. The Balaban J connectivity index is 2.15. The van der Waals surface area contributed by atoms with E-state index in [0.717, 1.165) is 37.3 Å². The van der Waals surface area contributed by atoms with Crippen LogP contribution in [0.2, 0.25) is 0 Å². The van der Waals surface area contributed by atoms with Gasteiger partial charge in [0.2, 0.25) is 0 Å². The van der Waals surface area contributed by atoms with Gasteiger partial charge in [0, 0.05) is 11.5 Å². The summed E-state index contributed by atoms with van der Waals surface area (Å²) in [5.41, 5.74) is 2.59. The number of hydrogen-bond donors (Lipinski definition) is 1. The van der Waals surface area contributed by atoms with Gasteiger partial charge < -0.3 is 19.5 Å². The van der Waals surface area contributed by atoms with Gasteiger partial charge in [-0.2, -0.15) is 0 Å². The largest absolute Gasteiger partial charge is 0.493 e. The number of aliphatic hydroxyl groups excluding tert-OH is 1. The summed E-state index contributed by atoms with van der Waals surface area (Å²) in [5, 5.41) is 10.3. The van der Waals surface area contributed by atoms with Crippen molar-refractivity contribution in [2.45, 2.75) is 43.7 Å². The molecule has 0 amide bonds. The van der Waals surface area contributed by atoms with E-state index in [1.807, 2.05) is 6.07 Å². The number of benzene rings is 1. The fourth-order valence-corrected chi connectivity index (χ4v) is 4.55. The van der Waals surface area contributed by atoms with Crippen LogP contribution in [0, 0.1) is 0 Å². The van der Waals surface area contributed by atoms with Gasteiger partial charge in [-0.05, 0) is 50.6 Å². The average molecular weight is 317 g/mol. The smallest absolute Gasteiger partial charge is 0.161 e. The van der Waals surface area contributed by atoms with Crippen LogP contribution in [-0.4, -0.2) is 50.0 Å². The Labute approximate surface area is 138 Å². The summed E-state index contributed by atoms with van der Waals surface area (Å²) in [5.74, 6) is 1.53. The lowest BCUT2D eigenvalue weighted by Crippen LogP contribution is -2.47. The maximum Gasteiger partial charge on any atom is 0.161 e. The van der Waals surface area contributed by atoms with Gasteiger partial charge in [0.25, 0.3) is 0 Å². The van der Waals surface area contributed by atoms with E-state index < -0.39 is 0 Å². The SMILES string of the molecule is CCC1=C[C@@H](O)C[C@@H]2N(C)CC[C@]12c1ccc(OC)c(OC)c1. The number of likely N-dealkylation sites (tertiary alicyclic amines) is 1. The first kappa shape index (κ1) is 16.3. The molecule has 3 rings (SSSR count). The summed E-state index contributed by atoms with van der Waals surface area (Å²) in [7, 11) is 5.51. The molecule has 1 fully saturated rings. The monoisotopic (exact) mass is 317 g/mol. The van der Waals surface area contributed by atoms with Crippen molar-refractivity contribution in [1.29, 1.82) is 0 Å². The molecule has 0 saturated carbocycles. The van der Waals surface area contributed by atoms with E-state index >= 15 is 0 Å². The Bertz CT molecular complexity index is 613. The van der Waals surface area contributed by atoms with Crippen LogP contribution in [0.15, 0.2) is 29.8 Å². The van der Waals surface area contributed by atoms with Crippen molar-refractivity contribution in [1.82, 2.24) is 4.90 Å². The summed E-state index contributed by atoms with van der Waals surface area (Å²) < 4.78 is 10.9. The van der Waals surface area contributed by atoms with Gasteiger partial charge in [-0.15, -0.1) is 0 Å². The highest BCUT2D eigenvalue weighted by atomic mass is 16.5. The first-order valence-corrected chi connectivity index (χ1v) is 8.38. The molecule has 23 heavy (non-hydrogen) atoms. The van der Waals surface area contributed by atoms with Gasteiger partial charge >= 0.3 is 0 Å². The van der Waals surface area contributed by atoms with E-state index in [2.05, 4.69) is 37.1 Å². The Kier molecular flexibility index (Phi) is 4.39. The normalized spacial score (nSPS) is 30.7. The third-order valence-electron chi connectivity index (χ3n) is 5.67. The van der Waals surface area contributed by atoms with Crippen LogP contribution in [0.5, 0.6) is 11.5 Å². The Morgan fingerprint density at radius 1 is 1.26 bits per heavy atom. The molecule has 126 valence electrons. The minimum Gasteiger partial charge on any atom is -0.493 e. The molecule has 0 bridgehead atoms. The van der Waals surface area contributed by atoms with Crippen molar-refractivity contribution < 1.29 is 14.6 Å². The molecule has 4 heteroatoms. The van der Waals surface area contributed by atoms with Crippen LogP contribution in [-0.2, 0) is 5.41 Å². The lowest BCUT2D eigenvalue weighted by Gasteiger charge is -2.44. The average Bonchev–Trinajstić information content (AvgIpc) is 2.91. The van der Waals surface area contributed by atoms with Crippen molar-refractivity contribution in [3.63, 3.8) is 0 Å². The van der Waals surface area contributed by atoms with E-state index in [1.165, 1.54) is 11.1 Å². The molecule has 4 nitrogen and oxygen atoms in total. The minimum absolute atomic E-state index is 0.0255. The fraction of sp³-hybridized carbons (Fsp3) is 0.579. The lowest BCUT2D eigenvalue weighted by atomic mass is 9.63. The molecule has 1 heterocycles. The van der Waals surface area contributed by atoms with Crippen molar-refractivity contribution >= 4 is 0 Å². The third kappa shape index (κ3) is 2.45. The molecule has 0 radical (unpaired) electrons. The van der Waals surface area contributed by atoms with E-state index in [-0.39, 0.29) is 11.5 Å². The third-order valence-corrected chi connectivity index (χ3v) is 5.67. The molecule has 1 aliphatic carbocycles. The number of aliphatic hydroxyl groups is 1. The Morgan fingerprint density at radius 2 is 2.00 bits per heavy atom. The zero-order chi connectivity index (χ0) is 16.6. The Hall–Kier alpha value is -1.52. The van der Waals surface area contributed by atoms with Crippen molar-refractivity contribution in [3.8, 4) is 11.5 Å². The van der Waals surface area contributed by atoms with Crippen molar-refractivity contribution in [2.75, 3.05) is 27.8 Å². The van der Waals surface area contributed by atoms with Gasteiger partial charge in [0.05, 0.1) is 20.3 Å². The van der Waals surface area contributed by atoms with Gasteiger partial charge in [-0.25, -0.2) is 0 Å². The van der Waals surface area contributed by atoms with Crippen LogP contribution in [0.1, 0.15) is 31.7 Å². The molecule has 3 atom stereocenters. The molecule has 0 unspecified atom stereocenters. The van der Waals surface area contributed by atoms with Crippen molar-refractivity contribution in [2.24, 2.45) is 0 Å². The molecule has 1 aromatic rings. The topological polar surface area (TPSA) is 41.9 Å². The van der Waals surface area contributed by atoms with E-state index in [9.17, 15) is 5.11 Å². The number of ether oxygens (including phenoxy) is 2. The summed E-state index contributed by atoms with van der Waals surface area (Å²) in [4.78, 5) is 2.39. The molecule has 1 N–H and O–H groups in total. The highest BCUT2D eigenvalue weighted by Crippen LogP contribution is 2.51. The molecule has 2 aliphatic rings. The van der Waals surface area contributed by atoms with Gasteiger partial charge in [0.15, 0.2) is 11.5 Å². The molecule has 0 spiro atoms. The second-order valence-corrected chi connectivity index (χ2v) is 6.64. The second kappa shape index (κ2) is 6.17.